The molecule has 0 aromatic heterocycles. The van der Waals surface area contributed by atoms with Gasteiger partial charge in [-0.05, 0) is 43.6 Å². The molecule has 2 atom stereocenters. The van der Waals surface area contributed by atoms with Crippen molar-refractivity contribution in [1.29, 1.82) is 0 Å². The van der Waals surface area contributed by atoms with Crippen LogP contribution in [0.3, 0.4) is 0 Å². The Morgan fingerprint density at radius 2 is 2.00 bits per heavy atom. The molecule has 1 fully saturated rings. The Balaban J connectivity index is 0.00000288. The molecule has 0 saturated carbocycles. The second kappa shape index (κ2) is 9.87. The Kier molecular flexibility index (Phi) is 8.53. The van der Waals surface area contributed by atoms with Gasteiger partial charge in [0.25, 0.3) is 0 Å². The molecule has 0 bridgehead atoms. The van der Waals surface area contributed by atoms with Crippen LogP contribution in [0.1, 0.15) is 31.4 Å². The summed E-state index contributed by atoms with van der Waals surface area (Å²) in [6, 6.07) is 6.93. The standard InChI is InChI=1S/C17H24ClN3O2.ClH/c1-12(22)20-16(14-3-5-15(18)6-4-14)9-17(23)21-8-7-13(11-21)10-19-2;/h3-6,13,16,19H,7-11H2,1-2H3,(H,20,22);1H. The molecule has 0 aliphatic carbocycles. The number of nitrogens with zero attached hydrogens (tertiary/aromatic N) is 1. The highest BCUT2D eigenvalue weighted by molar-refractivity contribution is 6.30. The fraction of sp³-hybridized carbons (Fsp3) is 0.529. The van der Waals surface area contributed by atoms with Gasteiger partial charge in [0.1, 0.15) is 0 Å². The van der Waals surface area contributed by atoms with Gasteiger partial charge in [-0.1, -0.05) is 23.7 Å². The zero-order chi connectivity index (χ0) is 16.8. The lowest BCUT2D eigenvalue weighted by molar-refractivity contribution is -0.131. The molecule has 1 saturated heterocycles. The van der Waals surface area contributed by atoms with Gasteiger partial charge in [-0.2, -0.15) is 0 Å². The first kappa shape index (κ1) is 20.7. The number of nitrogens with one attached hydrogen (secondary N) is 2. The summed E-state index contributed by atoms with van der Waals surface area (Å²) in [6.07, 6.45) is 1.30. The molecule has 1 aromatic rings. The number of hydrogen-bond donors (Lipinski definition) is 2. The van der Waals surface area contributed by atoms with E-state index in [1.54, 1.807) is 12.1 Å². The lowest BCUT2D eigenvalue weighted by Gasteiger charge is -2.22. The minimum absolute atomic E-state index is 0. The van der Waals surface area contributed by atoms with Gasteiger partial charge in [0.05, 0.1) is 12.5 Å². The molecule has 0 spiro atoms. The fourth-order valence-electron chi connectivity index (χ4n) is 3.01. The van der Waals surface area contributed by atoms with Crippen molar-refractivity contribution in [2.45, 2.75) is 25.8 Å². The van der Waals surface area contributed by atoms with Crippen LogP contribution in [0.5, 0.6) is 0 Å². The van der Waals surface area contributed by atoms with Crippen LogP contribution in [0.4, 0.5) is 0 Å². The summed E-state index contributed by atoms with van der Waals surface area (Å²) in [5.74, 6) is 0.447. The second-order valence-corrected chi connectivity index (χ2v) is 6.50. The average Bonchev–Trinajstić information content (AvgIpc) is 2.96. The van der Waals surface area contributed by atoms with E-state index in [2.05, 4.69) is 10.6 Å². The van der Waals surface area contributed by atoms with Crippen molar-refractivity contribution in [3.63, 3.8) is 0 Å². The van der Waals surface area contributed by atoms with E-state index >= 15 is 0 Å². The van der Waals surface area contributed by atoms with E-state index in [1.165, 1.54) is 6.92 Å². The third-order valence-electron chi connectivity index (χ3n) is 4.16. The number of benzene rings is 1. The Hall–Kier alpha value is -1.30. The van der Waals surface area contributed by atoms with E-state index in [0.29, 0.717) is 10.9 Å². The van der Waals surface area contributed by atoms with E-state index in [4.69, 9.17) is 11.6 Å². The van der Waals surface area contributed by atoms with Gasteiger partial charge < -0.3 is 15.5 Å². The predicted molar refractivity (Wildman–Crippen MR) is 98.5 cm³/mol. The zero-order valence-corrected chi connectivity index (χ0v) is 15.6. The molecule has 1 heterocycles. The van der Waals surface area contributed by atoms with E-state index in [-0.39, 0.29) is 36.7 Å². The van der Waals surface area contributed by atoms with Crippen LogP contribution in [0.25, 0.3) is 0 Å². The van der Waals surface area contributed by atoms with Gasteiger partial charge in [0.2, 0.25) is 11.8 Å². The van der Waals surface area contributed by atoms with Crippen molar-refractivity contribution < 1.29 is 9.59 Å². The summed E-state index contributed by atoms with van der Waals surface area (Å²) in [5, 5.41) is 6.66. The summed E-state index contributed by atoms with van der Waals surface area (Å²) >= 11 is 5.91. The fourth-order valence-corrected chi connectivity index (χ4v) is 3.14. The van der Waals surface area contributed by atoms with E-state index in [9.17, 15) is 9.59 Å². The zero-order valence-electron chi connectivity index (χ0n) is 14.0. The van der Waals surface area contributed by atoms with Gasteiger partial charge in [-0.3, -0.25) is 9.59 Å². The summed E-state index contributed by atoms with van der Waals surface area (Å²) in [5.41, 5.74) is 0.893. The molecule has 7 heteroatoms. The quantitative estimate of drug-likeness (QED) is 0.804. The van der Waals surface area contributed by atoms with Crippen molar-refractivity contribution in [3.05, 3.63) is 34.9 Å². The molecule has 1 aliphatic heterocycles. The summed E-state index contributed by atoms with van der Waals surface area (Å²) in [6.45, 7) is 3.97. The van der Waals surface area contributed by atoms with Crippen LogP contribution in [0.15, 0.2) is 24.3 Å². The minimum Gasteiger partial charge on any atom is -0.349 e. The van der Waals surface area contributed by atoms with Crippen LogP contribution in [-0.2, 0) is 9.59 Å². The predicted octanol–water partition coefficient (Wildman–Crippen LogP) is 2.40. The van der Waals surface area contributed by atoms with Crippen molar-refractivity contribution >= 4 is 35.8 Å². The third kappa shape index (κ3) is 5.96. The molecule has 1 aromatic carbocycles. The lowest BCUT2D eigenvalue weighted by Crippen LogP contribution is -2.35. The van der Waals surface area contributed by atoms with E-state index in [0.717, 1.165) is 31.6 Å². The number of carbonyl (C=O) groups excluding carboxylic acids is 2. The van der Waals surface area contributed by atoms with Crippen molar-refractivity contribution in [2.24, 2.45) is 5.92 Å². The van der Waals surface area contributed by atoms with Crippen LogP contribution in [0.2, 0.25) is 5.02 Å². The van der Waals surface area contributed by atoms with Crippen LogP contribution < -0.4 is 10.6 Å². The number of halogens is 2. The SMILES string of the molecule is CNCC1CCN(C(=O)CC(NC(C)=O)c2ccc(Cl)cc2)C1.Cl. The van der Waals surface area contributed by atoms with Gasteiger partial charge in [0.15, 0.2) is 0 Å². The molecule has 134 valence electrons. The Morgan fingerprint density at radius 1 is 1.33 bits per heavy atom. The number of carbonyl (C=O) groups is 2. The Labute approximate surface area is 154 Å². The number of amides is 2. The highest BCUT2D eigenvalue weighted by Crippen LogP contribution is 2.23. The Bertz CT molecular complexity index is 551. The summed E-state index contributed by atoms with van der Waals surface area (Å²) in [4.78, 5) is 25.9. The molecule has 5 nitrogen and oxygen atoms in total. The number of rotatable bonds is 6. The van der Waals surface area contributed by atoms with Crippen LogP contribution in [0, 0.1) is 5.92 Å². The molecule has 2 rings (SSSR count). The van der Waals surface area contributed by atoms with Gasteiger partial charge in [-0.15, -0.1) is 12.4 Å². The maximum atomic E-state index is 12.6. The lowest BCUT2D eigenvalue weighted by atomic mass is 10.0. The molecule has 2 N–H and O–H groups in total. The normalized spacial score (nSPS) is 18.0. The molecular formula is C17H25Cl2N3O2. The summed E-state index contributed by atoms with van der Waals surface area (Å²) < 4.78 is 0. The highest BCUT2D eigenvalue weighted by atomic mass is 35.5. The molecule has 0 radical (unpaired) electrons. The third-order valence-corrected chi connectivity index (χ3v) is 4.41. The van der Waals surface area contributed by atoms with Crippen molar-refractivity contribution in [2.75, 3.05) is 26.7 Å². The smallest absolute Gasteiger partial charge is 0.224 e. The molecule has 2 unspecified atom stereocenters. The first-order valence-electron chi connectivity index (χ1n) is 7.94. The van der Waals surface area contributed by atoms with E-state index < -0.39 is 0 Å². The van der Waals surface area contributed by atoms with Crippen LogP contribution >= 0.6 is 24.0 Å². The maximum absolute atomic E-state index is 12.6. The second-order valence-electron chi connectivity index (χ2n) is 6.06. The largest absolute Gasteiger partial charge is 0.349 e. The first-order chi connectivity index (χ1) is 11.0. The van der Waals surface area contributed by atoms with Crippen molar-refractivity contribution in [3.8, 4) is 0 Å². The number of likely N-dealkylation sites (tertiary alicyclic amines) is 1. The molecule has 24 heavy (non-hydrogen) atoms. The average molecular weight is 374 g/mol. The minimum atomic E-state index is -0.319. The molecular weight excluding hydrogens is 349 g/mol. The maximum Gasteiger partial charge on any atom is 0.224 e. The highest BCUT2D eigenvalue weighted by Gasteiger charge is 2.28. The first-order valence-corrected chi connectivity index (χ1v) is 8.32. The molecule has 2 amide bonds. The topological polar surface area (TPSA) is 61.4 Å². The van der Waals surface area contributed by atoms with Gasteiger partial charge in [-0.25, -0.2) is 0 Å². The summed E-state index contributed by atoms with van der Waals surface area (Å²) in [7, 11) is 1.93. The number of hydrogen-bond acceptors (Lipinski definition) is 3. The van der Waals surface area contributed by atoms with Gasteiger partial charge in [0, 0.05) is 25.0 Å². The van der Waals surface area contributed by atoms with E-state index in [1.807, 2.05) is 24.1 Å². The Morgan fingerprint density at radius 3 is 2.58 bits per heavy atom. The van der Waals surface area contributed by atoms with Crippen molar-refractivity contribution in [1.82, 2.24) is 15.5 Å². The van der Waals surface area contributed by atoms with Gasteiger partial charge >= 0.3 is 0 Å². The molecule has 1 aliphatic rings. The monoisotopic (exact) mass is 373 g/mol. The van der Waals surface area contributed by atoms with Crippen LogP contribution in [-0.4, -0.2) is 43.4 Å².